The van der Waals surface area contributed by atoms with Gasteiger partial charge in [0.05, 0.1) is 0 Å². The van der Waals surface area contributed by atoms with Crippen LogP contribution in [-0.2, 0) is 4.79 Å². The van der Waals surface area contributed by atoms with Crippen molar-refractivity contribution in [2.75, 3.05) is 0 Å². The second kappa shape index (κ2) is 5.24. The molecule has 0 fully saturated rings. The van der Waals surface area contributed by atoms with E-state index in [0.717, 1.165) is 6.42 Å². The summed E-state index contributed by atoms with van der Waals surface area (Å²) in [4.78, 5) is 11.7. The number of rotatable bonds is 5. The Hall–Kier alpha value is -0.930. The Kier molecular flexibility index (Phi) is 4.24. The van der Waals surface area contributed by atoms with Gasteiger partial charge in [-0.05, 0) is 18.9 Å². The Labute approximate surface area is 90.7 Å². The van der Waals surface area contributed by atoms with Crippen molar-refractivity contribution in [3.05, 3.63) is 24.3 Å². The zero-order valence-corrected chi connectivity index (χ0v) is 9.15. The van der Waals surface area contributed by atoms with Crippen molar-refractivity contribution >= 4 is 5.78 Å². The van der Waals surface area contributed by atoms with Crippen molar-refractivity contribution in [2.45, 2.75) is 44.2 Å². The van der Waals surface area contributed by atoms with Crippen LogP contribution in [0.1, 0.15) is 32.6 Å². The lowest BCUT2D eigenvalue weighted by Gasteiger charge is -2.23. The van der Waals surface area contributed by atoms with E-state index in [2.05, 4.69) is 0 Å². The molecule has 0 heterocycles. The molecular formula is C12H19NO2. The minimum atomic E-state index is -1.29. The van der Waals surface area contributed by atoms with E-state index in [0.29, 0.717) is 19.3 Å². The van der Waals surface area contributed by atoms with Gasteiger partial charge in [-0.15, -0.1) is 0 Å². The first-order chi connectivity index (χ1) is 7.08. The normalized spacial score (nSPS) is 26.6. The maximum Gasteiger partial charge on any atom is 0.168 e. The van der Waals surface area contributed by atoms with Gasteiger partial charge in [0.25, 0.3) is 0 Å². The highest BCUT2D eigenvalue weighted by atomic mass is 16.3. The van der Waals surface area contributed by atoms with E-state index in [-0.39, 0.29) is 11.8 Å². The summed E-state index contributed by atoms with van der Waals surface area (Å²) in [5, 5.41) is 10.00. The number of hydrogen-bond acceptors (Lipinski definition) is 3. The van der Waals surface area contributed by atoms with E-state index in [1.165, 1.54) is 0 Å². The fourth-order valence-electron chi connectivity index (χ4n) is 1.55. The number of aliphatic hydroxyl groups is 1. The van der Waals surface area contributed by atoms with Crippen molar-refractivity contribution in [1.82, 2.24) is 0 Å². The van der Waals surface area contributed by atoms with Crippen molar-refractivity contribution < 1.29 is 9.90 Å². The Morgan fingerprint density at radius 3 is 2.87 bits per heavy atom. The van der Waals surface area contributed by atoms with E-state index in [1.807, 2.05) is 13.0 Å². The van der Waals surface area contributed by atoms with Crippen molar-refractivity contribution in [2.24, 2.45) is 5.73 Å². The second-order valence-corrected chi connectivity index (χ2v) is 4.05. The lowest BCUT2D eigenvalue weighted by Crippen LogP contribution is -2.37. The first-order valence-electron chi connectivity index (χ1n) is 5.44. The van der Waals surface area contributed by atoms with Crippen LogP contribution in [-0.4, -0.2) is 22.5 Å². The molecular weight excluding hydrogens is 190 g/mol. The Morgan fingerprint density at radius 1 is 1.60 bits per heavy atom. The molecule has 0 aromatic carbocycles. The van der Waals surface area contributed by atoms with E-state index in [1.54, 1.807) is 18.2 Å². The molecule has 1 aliphatic carbocycles. The molecule has 0 saturated heterocycles. The summed E-state index contributed by atoms with van der Waals surface area (Å²) >= 11 is 0. The highest BCUT2D eigenvalue weighted by molar-refractivity contribution is 5.89. The van der Waals surface area contributed by atoms with Gasteiger partial charge in [0.15, 0.2) is 5.78 Å². The average Bonchev–Trinajstić information content (AvgIpc) is 2.26. The van der Waals surface area contributed by atoms with Gasteiger partial charge in [-0.1, -0.05) is 25.2 Å². The molecule has 0 bridgehead atoms. The van der Waals surface area contributed by atoms with Crippen LogP contribution in [0.5, 0.6) is 0 Å². The van der Waals surface area contributed by atoms with Crippen LogP contribution in [0.25, 0.3) is 0 Å². The fraction of sp³-hybridized carbons (Fsp3) is 0.583. The van der Waals surface area contributed by atoms with Crippen molar-refractivity contribution in [3.63, 3.8) is 0 Å². The molecule has 2 atom stereocenters. The minimum Gasteiger partial charge on any atom is -0.378 e. The highest BCUT2D eigenvalue weighted by Gasteiger charge is 2.31. The molecule has 3 nitrogen and oxygen atoms in total. The third-order valence-corrected chi connectivity index (χ3v) is 2.80. The molecule has 0 radical (unpaired) electrons. The van der Waals surface area contributed by atoms with Gasteiger partial charge in [-0.3, -0.25) is 4.79 Å². The Morgan fingerprint density at radius 2 is 2.33 bits per heavy atom. The predicted octanol–water partition coefficient (Wildman–Crippen LogP) is 1.32. The molecule has 1 rings (SSSR count). The first-order valence-corrected chi connectivity index (χ1v) is 5.44. The number of Topliss-reactive ketones (excluding diaryl/α,β-unsaturated/α-hetero) is 1. The number of carbonyl (C=O) groups is 1. The Balaban J connectivity index is 2.46. The number of hydrogen-bond donors (Lipinski definition) is 2. The quantitative estimate of drug-likeness (QED) is 0.717. The Bertz CT molecular complexity index is 283. The third kappa shape index (κ3) is 3.29. The van der Waals surface area contributed by atoms with Crippen LogP contribution in [0.4, 0.5) is 0 Å². The van der Waals surface area contributed by atoms with Gasteiger partial charge in [0.2, 0.25) is 0 Å². The molecule has 0 saturated carbocycles. The molecule has 3 heteroatoms. The standard InChI is InChI=1S/C12H19NO2/c1-2-10(13)6-7-11(14)12(15)8-4-3-5-9-12/h3-5,8,10,15H,2,6-7,9,13H2,1H3. The molecule has 84 valence electrons. The van der Waals surface area contributed by atoms with E-state index in [4.69, 9.17) is 5.73 Å². The monoisotopic (exact) mass is 209 g/mol. The van der Waals surface area contributed by atoms with E-state index < -0.39 is 5.60 Å². The van der Waals surface area contributed by atoms with Crippen LogP contribution < -0.4 is 5.73 Å². The lowest BCUT2D eigenvalue weighted by molar-refractivity contribution is -0.133. The molecule has 0 spiro atoms. The third-order valence-electron chi connectivity index (χ3n) is 2.80. The summed E-state index contributed by atoms with van der Waals surface area (Å²) in [6.45, 7) is 1.99. The summed E-state index contributed by atoms with van der Waals surface area (Å²) in [5.41, 5.74) is 4.44. The maximum absolute atomic E-state index is 11.7. The van der Waals surface area contributed by atoms with Crippen molar-refractivity contribution in [1.29, 1.82) is 0 Å². The molecule has 0 aromatic heterocycles. The SMILES string of the molecule is CCC(N)CCC(=O)C1(O)C=CC=CC1. The molecule has 1 aliphatic rings. The van der Waals surface area contributed by atoms with Crippen LogP contribution in [0.2, 0.25) is 0 Å². The van der Waals surface area contributed by atoms with E-state index >= 15 is 0 Å². The lowest BCUT2D eigenvalue weighted by atomic mass is 9.88. The zero-order chi connectivity index (χ0) is 11.3. The van der Waals surface area contributed by atoms with Crippen LogP contribution >= 0.6 is 0 Å². The summed E-state index contributed by atoms with van der Waals surface area (Å²) in [7, 11) is 0. The van der Waals surface area contributed by atoms with Crippen LogP contribution in [0.15, 0.2) is 24.3 Å². The van der Waals surface area contributed by atoms with Gasteiger partial charge in [0.1, 0.15) is 5.60 Å². The van der Waals surface area contributed by atoms with Crippen LogP contribution in [0.3, 0.4) is 0 Å². The summed E-state index contributed by atoms with van der Waals surface area (Å²) in [6, 6.07) is 0.0562. The molecule has 15 heavy (non-hydrogen) atoms. The summed E-state index contributed by atoms with van der Waals surface area (Å²) in [5.74, 6) is -0.132. The fourth-order valence-corrected chi connectivity index (χ4v) is 1.55. The van der Waals surface area contributed by atoms with E-state index in [9.17, 15) is 9.90 Å². The molecule has 2 unspecified atom stereocenters. The summed E-state index contributed by atoms with van der Waals surface area (Å²) < 4.78 is 0. The largest absolute Gasteiger partial charge is 0.378 e. The first kappa shape index (κ1) is 12.1. The van der Waals surface area contributed by atoms with Crippen molar-refractivity contribution in [3.8, 4) is 0 Å². The number of allylic oxidation sites excluding steroid dienone is 2. The van der Waals surface area contributed by atoms with Gasteiger partial charge >= 0.3 is 0 Å². The van der Waals surface area contributed by atoms with Gasteiger partial charge in [-0.2, -0.15) is 0 Å². The maximum atomic E-state index is 11.7. The number of nitrogens with two attached hydrogens (primary N) is 1. The molecule has 0 aromatic rings. The smallest absolute Gasteiger partial charge is 0.168 e. The van der Waals surface area contributed by atoms with Gasteiger partial charge < -0.3 is 10.8 Å². The summed E-state index contributed by atoms with van der Waals surface area (Å²) in [6.07, 6.45) is 9.15. The van der Waals surface area contributed by atoms with Gasteiger partial charge in [-0.25, -0.2) is 0 Å². The number of ketones is 1. The van der Waals surface area contributed by atoms with Gasteiger partial charge in [0, 0.05) is 18.9 Å². The molecule has 3 N–H and O–H groups in total. The topological polar surface area (TPSA) is 63.3 Å². The van der Waals surface area contributed by atoms with Crippen LogP contribution in [0, 0.1) is 0 Å². The molecule has 0 amide bonds. The zero-order valence-electron chi connectivity index (χ0n) is 9.15. The predicted molar refractivity (Wildman–Crippen MR) is 60.4 cm³/mol. The number of carbonyl (C=O) groups excluding carboxylic acids is 1. The highest BCUT2D eigenvalue weighted by Crippen LogP contribution is 2.21. The average molecular weight is 209 g/mol. The minimum absolute atomic E-state index is 0.0562. The second-order valence-electron chi connectivity index (χ2n) is 4.05. The molecule has 0 aliphatic heterocycles.